The minimum atomic E-state index is -1.94. The zero-order valence-electron chi connectivity index (χ0n) is 9.68. The van der Waals surface area contributed by atoms with E-state index in [1.165, 1.54) is 0 Å². The lowest BCUT2D eigenvalue weighted by atomic mass is 10.0. The van der Waals surface area contributed by atoms with E-state index < -0.39 is 29.3 Å². The summed E-state index contributed by atoms with van der Waals surface area (Å²) < 4.78 is 0. The lowest BCUT2D eigenvalue weighted by molar-refractivity contribution is -0.155. The van der Waals surface area contributed by atoms with Crippen LogP contribution in [0.4, 0.5) is 0 Å². The van der Waals surface area contributed by atoms with Crippen molar-refractivity contribution in [2.75, 3.05) is 0 Å². The molecule has 0 rings (SSSR count). The molecule has 0 atom stereocenters. The predicted molar refractivity (Wildman–Crippen MR) is 58.0 cm³/mol. The molecule has 0 heterocycles. The van der Waals surface area contributed by atoms with Gasteiger partial charge in [0, 0.05) is 12.8 Å². The lowest BCUT2D eigenvalue weighted by Crippen LogP contribution is -2.29. The summed E-state index contributed by atoms with van der Waals surface area (Å²) in [4.78, 5) is 53.0. The Labute approximate surface area is 103 Å². The average Bonchev–Trinajstić information content (AvgIpc) is 2.30. The van der Waals surface area contributed by atoms with E-state index in [2.05, 4.69) is 0 Å². The molecule has 0 spiro atoms. The molecule has 2 N–H and O–H groups in total. The second-order valence-corrected chi connectivity index (χ2v) is 3.69. The van der Waals surface area contributed by atoms with Gasteiger partial charge in [0.25, 0.3) is 5.78 Å². The standard InChI is InChI=1S/C11H14O7/c12-7(9(15)10(16)11(17)18)5-3-1-2-4-6-8(13)14/h1-6H2,(H,13,14)(H,17,18). The van der Waals surface area contributed by atoms with Crippen molar-refractivity contribution >= 4 is 29.3 Å². The third kappa shape index (κ3) is 6.51. The number of hydrogen-bond donors (Lipinski definition) is 2. The Morgan fingerprint density at radius 2 is 1.17 bits per heavy atom. The molecule has 0 unspecified atom stereocenters. The van der Waals surface area contributed by atoms with E-state index in [4.69, 9.17) is 10.2 Å². The maximum absolute atomic E-state index is 11.1. The first-order valence-electron chi connectivity index (χ1n) is 5.42. The fourth-order valence-electron chi connectivity index (χ4n) is 1.25. The quantitative estimate of drug-likeness (QED) is 0.325. The molecule has 0 saturated carbocycles. The molecule has 7 nitrogen and oxygen atoms in total. The Bertz CT molecular complexity index is 370. The molecule has 100 valence electrons. The number of carboxylic acids is 2. The van der Waals surface area contributed by atoms with E-state index in [0.29, 0.717) is 25.7 Å². The zero-order valence-corrected chi connectivity index (χ0v) is 9.68. The van der Waals surface area contributed by atoms with Gasteiger partial charge in [-0.25, -0.2) is 4.79 Å². The first-order chi connectivity index (χ1) is 8.36. The van der Waals surface area contributed by atoms with Crippen molar-refractivity contribution < 1.29 is 34.2 Å². The highest BCUT2D eigenvalue weighted by atomic mass is 16.4. The van der Waals surface area contributed by atoms with Crippen LogP contribution in [0.15, 0.2) is 0 Å². The molecule has 0 aromatic heterocycles. The Morgan fingerprint density at radius 3 is 1.61 bits per heavy atom. The summed E-state index contributed by atoms with van der Waals surface area (Å²) in [5, 5.41) is 16.6. The van der Waals surface area contributed by atoms with Crippen molar-refractivity contribution in [1.29, 1.82) is 0 Å². The van der Waals surface area contributed by atoms with Crippen LogP contribution in [0.5, 0.6) is 0 Å². The number of ketones is 3. The third-order valence-electron chi connectivity index (χ3n) is 2.20. The average molecular weight is 258 g/mol. The SMILES string of the molecule is O=C(O)CCCCCCC(=O)C(=O)C(=O)C(=O)O. The second-order valence-electron chi connectivity index (χ2n) is 3.69. The van der Waals surface area contributed by atoms with Crippen molar-refractivity contribution in [3.05, 3.63) is 0 Å². The van der Waals surface area contributed by atoms with E-state index >= 15 is 0 Å². The summed E-state index contributed by atoms with van der Waals surface area (Å²) in [5.74, 6) is -7.07. The largest absolute Gasteiger partial charge is 0.481 e. The normalized spacial score (nSPS) is 9.78. The maximum Gasteiger partial charge on any atom is 0.380 e. The summed E-state index contributed by atoms with van der Waals surface area (Å²) in [6.07, 6.45) is 1.81. The van der Waals surface area contributed by atoms with Crippen LogP contribution < -0.4 is 0 Å². The summed E-state index contributed by atoms with van der Waals surface area (Å²) in [5.41, 5.74) is 0. The van der Waals surface area contributed by atoms with E-state index in [9.17, 15) is 24.0 Å². The van der Waals surface area contributed by atoms with Crippen LogP contribution in [0.25, 0.3) is 0 Å². The van der Waals surface area contributed by atoms with Crippen molar-refractivity contribution in [3.8, 4) is 0 Å². The minimum absolute atomic E-state index is 0.0460. The third-order valence-corrected chi connectivity index (χ3v) is 2.20. The van der Waals surface area contributed by atoms with Crippen LogP contribution in [0.1, 0.15) is 38.5 Å². The van der Waals surface area contributed by atoms with Crippen molar-refractivity contribution in [2.45, 2.75) is 38.5 Å². The molecule has 0 aromatic carbocycles. The van der Waals surface area contributed by atoms with Gasteiger partial charge in [0.2, 0.25) is 5.78 Å². The number of carbonyl (C=O) groups is 5. The number of aliphatic carboxylic acids is 2. The molecule has 7 heteroatoms. The van der Waals surface area contributed by atoms with Gasteiger partial charge in [-0.3, -0.25) is 19.2 Å². The number of carboxylic acid groups (broad SMARTS) is 2. The van der Waals surface area contributed by atoms with Crippen LogP contribution in [-0.4, -0.2) is 39.5 Å². The molecule has 0 aliphatic heterocycles. The van der Waals surface area contributed by atoms with Crippen LogP contribution in [-0.2, 0) is 24.0 Å². The van der Waals surface area contributed by atoms with E-state index in [0.717, 1.165) is 0 Å². The van der Waals surface area contributed by atoms with Gasteiger partial charge in [-0.05, 0) is 12.8 Å². The summed E-state index contributed by atoms with van der Waals surface area (Å²) in [6, 6.07) is 0. The summed E-state index contributed by atoms with van der Waals surface area (Å²) in [6.45, 7) is 0. The van der Waals surface area contributed by atoms with Gasteiger partial charge < -0.3 is 10.2 Å². The van der Waals surface area contributed by atoms with Crippen LogP contribution in [0, 0.1) is 0 Å². The van der Waals surface area contributed by atoms with Crippen molar-refractivity contribution in [2.24, 2.45) is 0 Å². The summed E-state index contributed by atoms with van der Waals surface area (Å²) in [7, 11) is 0. The number of Topliss-reactive ketones (excluding diaryl/α,β-unsaturated/α-hetero) is 3. The first-order valence-corrected chi connectivity index (χ1v) is 5.42. The molecular formula is C11H14O7. The highest BCUT2D eigenvalue weighted by Gasteiger charge is 2.27. The molecule has 0 aromatic rings. The van der Waals surface area contributed by atoms with Crippen LogP contribution in [0.2, 0.25) is 0 Å². The maximum atomic E-state index is 11.1. The molecule has 18 heavy (non-hydrogen) atoms. The number of hydrogen-bond acceptors (Lipinski definition) is 5. The first kappa shape index (κ1) is 16.0. The van der Waals surface area contributed by atoms with Gasteiger partial charge in [0.1, 0.15) is 0 Å². The number of unbranched alkanes of at least 4 members (excludes halogenated alkanes) is 3. The van der Waals surface area contributed by atoms with E-state index in [-0.39, 0.29) is 12.8 Å². The molecule has 0 saturated heterocycles. The van der Waals surface area contributed by atoms with Gasteiger partial charge in [-0.2, -0.15) is 0 Å². The van der Waals surface area contributed by atoms with Crippen molar-refractivity contribution in [1.82, 2.24) is 0 Å². The van der Waals surface area contributed by atoms with Crippen LogP contribution in [0.3, 0.4) is 0 Å². The summed E-state index contributed by atoms with van der Waals surface area (Å²) >= 11 is 0. The lowest BCUT2D eigenvalue weighted by Gasteiger charge is -1.98. The van der Waals surface area contributed by atoms with Gasteiger partial charge in [0.15, 0.2) is 0 Å². The highest BCUT2D eigenvalue weighted by Crippen LogP contribution is 2.06. The highest BCUT2D eigenvalue weighted by molar-refractivity contribution is 6.76. The topological polar surface area (TPSA) is 126 Å². The Kier molecular flexibility index (Phi) is 7.18. The Hall–Kier alpha value is -2.05. The smallest absolute Gasteiger partial charge is 0.380 e. The number of carbonyl (C=O) groups excluding carboxylic acids is 3. The second kappa shape index (κ2) is 8.10. The Balaban J connectivity index is 3.78. The van der Waals surface area contributed by atoms with E-state index in [1.807, 2.05) is 0 Å². The molecule has 0 radical (unpaired) electrons. The monoisotopic (exact) mass is 258 g/mol. The molecule has 0 aliphatic rings. The van der Waals surface area contributed by atoms with Crippen LogP contribution >= 0.6 is 0 Å². The van der Waals surface area contributed by atoms with Gasteiger partial charge in [0.05, 0.1) is 0 Å². The molecule has 0 bridgehead atoms. The molecule has 0 fully saturated rings. The van der Waals surface area contributed by atoms with Gasteiger partial charge >= 0.3 is 17.7 Å². The minimum Gasteiger partial charge on any atom is -0.481 e. The van der Waals surface area contributed by atoms with Gasteiger partial charge in [-0.15, -0.1) is 0 Å². The zero-order chi connectivity index (χ0) is 14.1. The fourth-order valence-corrected chi connectivity index (χ4v) is 1.25. The van der Waals surface area contributed by atoms with E-state index in [1.54, 1.807) is 0 Å². The molecular weight excluding hydrogens is 244 g/mol. The fraction of sp³-hybridized carbons (Fsp3) is 0.545. The Morgan fingerprint density at radius 1 is 0.667 bits per heavy atom. The van der Waals surface area contributed by atoms with Gasteiger partial charge in [-0.1, -0.05) is 12.8 Å². The number of rotatable bonds is 10. The molecule has 0 amide bonds. The predicted octanol–water partition coefficient (Wildman–Crippen LogP) is 0.203. The molecule has 0 aliphatic carbocycles. The van der Waals surface area contributed by atoms with Crippen molar-refractivity contribution in [3.63, 3.8) is 0 Å².